The molecule has 4 nitrogen and oxygen atoms in total. The smallest absolute Gasteiger partial charge is 0.270 e. The Hall–Kier alpha value is -0.850. The normalized spacial score (nSPS) is 10.1. The van der Waals surface area contributed by atoms with Crippen molar-refractivity contribution in [3.63, 3.8) is 0 Å². The Balaban J connectivity index is 0.00000242. The molecule has 8 heteroatoms. The maximum Gasteiger partial charge on any atom is 0.270 e. The molecule has 0 aliphatic carbocycles. The molecule has 3 N–H and O–H groups in total. The molecule has 1 aromatic heterocycles. The highest BCUT2D eigenvalue weighted by molar-refractivity contribution is 7.09. The van der Waals surface area contributed by atoms with Crippen LogP contribution in [0.1, 0.15) is 21.1 Å². The summed E-state index contributed by atoms with van der Waals surface area (Å²) < 4.78 is 0. The number of thiazole rings is 1. The third kappa shape index (κ3) is 5.11. The first-order valence-corrected chi connectivity index (χ1v) is 8.11. The molecule has 0 bridgehead atoms. The van der Waals surface area contributed by atoms with Gasteiger partial charge in [-0.15, -0.1) is 23.7 Å². The summed E-state index contributed by atoms with van der Waals surface area (Å²) in [5.41, 5.74) is 6.80. The van der Waals surface area contributed by atoms with E-state index in [1.165, 1.54) is 11.3 Å². The second kappa shape index (κ2) is 9.33. The number of nitrogens with one attached hydrogen (secondary N) is 1. The number of nitrogens with zero attached hydrogens (tertiary/aromatic N) is 1. The first kappa shape index (κ1) is 19.2. The highest BCUT2D eigenvalue weighted by atomic mass is 35.5. The molecular weight excluding hydrogens is 365 g/mol. The number of carbonyl (C=O) groups excluding carboxylic acids is 1. The number of hydrogen-bond acceptors (Lipinski definition) is 4. The summed E-state index contributed by atoms with van der Waals surface area (Å²) in [6.07, 6.45) is 1.31. The molecule has 0 radical (unpaired) electrons. The van der Waals surface area contributed by atoms with E-state index in [1.807, 2.05) is 12.1 Å². The molecule has 0 saturated heterocycles. The average molecular weight is 381 g/mol. The Bertz CT molecular complexity index is 634. The van der Waals surface area contributed by atoms with E-state index in [-0.39, 0.29) is 18.3 Å². The van der Waals surface area contributed by atoms with Crippen molar-refractivity contribution in [2.75, 3.05) is 13.1 Å². The standard InChI is InChI=1S/C14H15Cl2N3OS.ClH/c15-10-3-1-2-9(13(10)16)5-7-18-14(20)11-8-21-12(19-11)4-6-17;/h1-3,8H,4-7,17H2,(H,18,20);1H. The molecule has 120 valence electrons. The topological polar surface area (TPSA) is 68.0 Å². The van der Waals surface area contributed by atoms with Crippen LogP contribution in [0.15, 0.2) is 23.6 Å². The Labute approximate surface area is 149 Å². The van der Waals surface area contributed by atoms with Crippen molar-refractivity contribution in [2.24, 2.45) is 5.73 Å². The molecule has 2 aromatic rings. The minimum Gasteiger partial charge on any atom is -0.350 e. The molecule has 0 aliphatic heterocycles. The van der Waals surface area contributed by atoms with E-state index < -0.39 is 0 Å². The van der Waals surface area contributed by atoms with Gasteiger partial charge in [0.15, 0.2) is 0 Å². The largest absolute Gasteiger partial charge is 0.350 e. The van der Waals surface area contributed by atoms with Gasteiger partial charge in [-0.1, -0.05) is 35.3 Å². The number of hydrogen-bond donors (Lipinski definition) is 2. The Morgan fingerprint density at radius 3 is 2.82 bits per heavy atom. The van der Waals surface area contributed by atoms with E-state index in [4.69, 9.17) is 28.9 Å². The summed E-state index contributed by atoms with van der Waals surface area (Å²) in [5.74, 6) is -0.187. The maximum atomic E-state index is 11.9. The molecule has 2 rings (SSSR count). The van der Waals surface area contributed by atoms with E-state index in [1.54, 1.807) is 11.4 Å². The van der Waals surface area contributed by atoms with Crippen LogP contribution in [0.3, 0.4) is 0 Å². The Morgan fingerprint density at radius 2 is 2.09 bits per heavy atom. The SMILES string of the molecule is Cl.NCCc1nc(C(=O)NCCc2cccc(Cl)c2Cl)cs1. The minimum absolute atomic E-state index is 0. The van der Waals surface area contributed by atoms with Crippen LogP contribution in [0.5, 0.6) is 0 Å². The van der Waals surface area contributed by atoms with Crippen molar-refractivity contribution in [1.29, 1.82) is 0 Å². The van der Waals surface area contributed by atoms with Crippen molar-refractivity contribution in [1.82, 2.24) is 10.3 Å². The van der Waals surface area contributed by atoms with Crippen molar-refractivity contribution in [3.05, 3.63) is 49.9 Å². The summed E-state index contributed by atoms with van der Waals surface area (Å²) in [5, 5.41) is 6.49. The Morgan fingerprint density at radius 1 is 1.32 bits per heavy atom. The van der Waals surface area contributed by atoms with E-state index in [0.29, 0.717) is 41.7 Å². The van der Waals surface area contributed by atoms with Gasteiger partial charge in [-0.05, 0) is 24.6 Å². The summed E-state index contributed by atoms with van der Waals surface area (Å²) in [4.78, 5) is 16.2. The van der Waals surface area contributed by atoms with E-state index in [9.17, 15) is 4.79 Å². The molecule has 0 unspecified atom stereocenters. The van der Waals surface area contributed by atoms with Gasteiger partial charge in [0.1, 0.15) is 5.69 Å². The predicted molar refractivity (Wildman–Crippen MR) is 94.6 cm³/mol. The highest BCUT2D eigenvalue weighted by Gasteiger charge is 2.10. The summed E-state index contributed by atoms with van der Waals surface area (Å²) in [6, 6.07) is 5.47. The molecule has 1 amide bonds. The highest BCUT2D eigenvalue weighted by Crippen LogP contribution is 2.25. The number of halogens is 3. The molecule has 0 spiro atoms. The van der Waals surface area contributed by atoms with Crippen molar-refractivity contribution in [2.45, 2.75) is 12.8 Å². The average Bonchev–Trinajstić information content (AvgIpc) is 2.92. The zero-order valence-corrected chi connectivity index (χ0v) is 14.8. The number of benzene rings is 1. The van der Waals surface area contributed by atoms with Crippen LogP contribution < -0.4 is 11.1 Å². The van der Waals surface area contributed by atoms with E-state index in [2.05, 4.69) is 10.3 Å². The fraction of sp³-hybridized carbons (Fsp3) is 0.286. The van der Waals surface area contributed by atoms with Gasteiger partial charge >= 0.3 is 0 Å². The fourth-order valence-electron chi connectivity index (χ4n) is 1.80. The molecule has 22 heavy (non-hydrogen) atoms. The minimum atomic E-state index is -0.187. The van der Waals surface area contributed by atoms with E-state index >= 15 is 0 Å². The lowest BCUT2D eigenvalue weighted by Crippen LogP contribution is -2.26. The lowest BCUT2D eigenvalue weighted by molar-refractivity contribution is 0.0949. The number of amides is 1. The zero-order valence-electron chi connectivity index (χ0n) is 11.6. The third-order valence-corrected chi connectivity index (χ3v) is 4.62. The van der Waals surface area contributed by atoms with Crippen molar-refractivity contribution < 1.29 is 4.79 Å². The van der Waals surface area contributed by atoms with Gasteiger partial charge in [0, 0.05) is 18.3 Å². The van der Waals surface area contributed by atoms with Gasteiger partial charge in [0.2, 0.25) is 0 Å². The van der Waals surface area contributed by atoms with Crippen LogP contribution in [-0.4, -0.2) is 24.0 Å². The lowest BCUT2D eigenvalue weighted by atomic mass is 10.1. The molecule has 1 aromatic carbocycles. The van der Waals surface area contributed by atoms with Gasteiger partial charge in [-0.25, -0.2) is 4.98 Å². The summed E-state index contributed by atoms with van der Waals surface area (Å²) in [6.45, 7) is 1.00. The predicted octanol–water partition coefficient (Wildman–Crippen LogP) is 3.35. The molecule has 1 heterocycles. The van der Waals surface area contributed by atoms with Crippen LogP contribution >= 0.6 is 46.9 Å². The summed E-state index contributed by atoms with van der Waals surface area (Å²) >= 11 is 13.5. The first-order valence-electron chi connectivity index (χ1n) is 6.47. The molecule has 0 saturated carbocycles. The van der Waals surface area contributed by atoms with Crippen LogP contribution in [0.2, 0.25) is 10.0 Å². The summed E-state index contributed by atoms with van der Waals surface area (Å²) in [7, 11) is 0. The third-order valence-electron chi connectivity index (χ3n) is 2.85. The second-order valence-electron chi connectivity index (χ2n) is 4.38. The van der Waals surface area contributed by atoms with Crippen LogP contribution in [-0.2, 0) is 12.8 Å². The monoisotopic (exact) mass is 379 g/mol. The van der Waals surface area contributed by atoms with Crippen molar-refractivity contribution in [3.8, 4) is 0 Å². The maximum absolute atomic E-state index is 11.9. The van der Waals surface area contributed by atoms with Crippen LogP contribution in [0, 0.1) is 0 Å². The quantitative estimate of drug-likeness (QED) is 0.807. The fourth-order valence-corrected chi connectivity index (χ4v) is 3.01. The van der Waals surface area contributed by atoms with Gasteiger partial charge in [-0.3, -0.25) is 4.79 Å². The van der Waals surface area contributed by atoms with Crippen LogP contribution in [0.4, 0.5) is 0 Å². The molecule has 0 aliphatic rings. The molecule has 0 atom stereocenters. The Kier molecular flexibility index (Phi) is 8.14. The lowest BCUT2D eigenvalue weighted by Gasteiger charge is -2.06. The first-order chi connectivity index (χ1) is 10.1. The second-order valence-corrected chi connectivity index (χ2v) is 6.11. The molecular formula is C14H16Cl3N3OS. The number of carbonyl (C=O) groups is 1. The van der Waals surface area contributed by atoms with Gasteiger partial charge < -0.3 is 11.1 Å². The number of rotatable bonds is 6. The number of aromatic nitrogens is 1. The van der Waals surface area contributed by atoms with Gasteiger partial charge in [0.05, 0.1) is 15.1 Å². The van der Waals surface area contributed by atoms with Gasteiger partial charge in [0.25, 0.3) is 5.91 Å². The van der Waals surface area contributed by atoms with Crippen molar-refractivity contribution >= 4 is 52.9 Å². The number of nitrogens with two attached hydrogens (primary N) is 1. The zero-order chi connectivity index (χ0) is 15.2. The van der Waals surface area contributed by atoms with Gasteiger partial charge in [-0.2, -0.15) is 0 Å². The van der Waals surface area contributed by atoms with E-state index in [0.717, 1.165) is 10.6 Å². The molecule has 0 fully saturated rings. The van der Waals surface area contributed by atoms with Crippen LogP contribution in [0.25, 0.3) is 0 Å².